The lowest BCUT2D eigenvalue weighted by Gasteiger charge is -2.32. The van der Waals surface area contributed by atoms with Gasteiger partial charge >= 0.3 is 0 Å². The second-order valence-corrected chi connectivity index (χ2v) is 9.07. The van der Waals surface area contributed by atoms with Crippen LogP contribution in [-0.4, -0.2) is 13.0 Å². The van der Waals surface area contributed by atoms with Crippen molar-refractivity contribution in [3.8, 4) is 0 Å². The zero-order valence-electron chi connectivity index (χ0n) is 19.2. The Labute approximate surface area is 192 Å². The molecule has 1 fully saturated rings. The molecule has 1 aliphatic rings. The first-order chi connectivity index (χ1) is 15.6. The Hall–Kier alpha value is -3.07. The molecule has 3 aromatic carbocycles. The predicted octanol–water partition coefficient (Wildman–Crippen LogP) is 6.47. The standard InChI is InChI=1S/C29H34N2O/c1-22(24-11-5-3-6-12-24)30-29(32)28-16-10-9-15-27(28)25-19-17-23(18-20-25)21-31(2)26-13-7-4-8-14-26/h3-8,11-14,17-20,22,27-28H,9-10,15-16,21H2,1-2H3,(H,30,32)/t22-,27+,28-/m0/s1. The van der Waals surface area contributed by atoms with Gasteiger partial charge in [-0.15, -0.1) is 0 Å². The number of rotatable bonds is 7. The van der Waals surface area contributed by atoms with Crippen LogP contribution < -0.4 is 10.2 Å². The fraction of sp³-hybridized carbons (Fsp3) is 0.345. The molecular formula is C29H34N2O. The van der Waals surface area contributed by atoms with Crippen LogP contribution in [0.3, 0.4) is 0 Å². The van der Waals surface area contributed by atoms with Gasteiger partial charge in [0.15, 0.2) is 0 Å². The Morgan fingerprint density at radius 3 is 2.22 bits per heavy atom. The number of para-hydroxylation sites is 1. The minimum atomic E-state index is 0.0298. The number of benzene rings is 3. The summed E-state index contributed by atoms with van der Waals surface area (Å²) in [4.78, 5) is 15.5. The molecule has 0 spiro atoms. The largest absolute Gasteiger partial charge is 0.370 e. The van der Waals surface area contributed by atoms with Crippen molar-refractivity contribution in [1.29, 1.82) is 0 Å². The highest BCUT2D eigenvalue weighted by molar-refractivity contribution is 5.80. The smallest absolute Gasteiger partial charge is 0.224 e. The second-order valence-electron chi connectivity index (χ2n) is 9.07. The monoisotopic (exact) mass is 426 g/mol. The van der Waals surface area contributed by atoms with Gasteiger partial charge in [-0.3, -0.25) is 4.79 Å². The summed E-state index contributed by atoms with van der Waals surface area (Å²) in [6.07, 6.45) is 4.38. The third-order valence-electron chi connectivity index (χ3n) is 6.79. The molecule has 3 aromatic rings. The second kappa shape index (κ2) is 10.5. The van der Waals surface area contributed by atoms with Crippen LogP contribution in [0.5, 0.6) is 0 Å². The maximum Gasteiger partial charge on any atom is 0.224 e. The lowest BCUT2D eigenvalue weighted by atomic mass is 9.74. The van der Waals surface area contributed by atoms with Gasteiger partial charge < -0.3 is 10.2 Å². The Morgan fingerprint density at radius 2 is 1.53 bits per heavy atom. The summed E-state index contributed by atoms with van der Waals surface area (Å²) < 4.78 is 0. The van der Waals surface area contributed by atoms with Gasteiger partial charge in [0, 0.05) is 25.2 Å². The van der Waals surface area contributed by atoms with E-state index in [0.29, 0.717) is 5.92 Å². The maximum absolute atomic E-state index is 13.2. The number of amides is 1. The molecule has 0 unspecified atom stereocenters. The quantitative estimate of drug-likeness (QED) is 0.469. The molecule has 0 aliphatic heterocycles. The van der Waals surface area contributed by atoms with Crippen molar-refractivity contribution in [1.82, 2.24) is 5.32 Å². The van der Waals surface area contributed by atoms with Crippen LogP contribution >= 0.6 is 0 Å². The summed E-state index contributed by atoms with van der Waals surface area (Å²) in [5, 5.41) is 3.28. The van der Waals surface area contributed by atoms with Crippen LogP contribution in [0.4, 0.5) is 5.69 Å². The van der Waals surface area contributed by atoms with E-state index in [2.05, 4.69) is 84.9 Å². The van der Waals surface area contributed by atoms with Crippen LogP contribution in [-0.2, 0) is 11.3 Å². The van der Waals surface area contributed by atoms with Crippen molar-refractivity contribution in [2.24, 2.45) is 5.92 Å². The Morgan fingerprint density at radius 1 is 0.906 bits per heavy atom. The van der Waals surface area contributed by atoms with Crippen molar-refractivity contribution in [2.75, 3.05) is 11.9 Å². The molecule has 32 heavy (non-hydrogen) atoms. The van der Waals surface area contributed by atoms with Crippen LogP contribution in [0.25, 0.3) is 0 Å². The molecule has 166 valence electrons. The third kappa shape index (κ3) is 5.40. The molecule has 0 saturated heterocycles. The van der Waals surface area contributed by atoms with Crippen LogP contribution in [0.15, 0.2) is 84.9 Å². The van der Waals surface area contributed by atoms with E-state index in [1.165, 1.54) is 23.2 Å². The van der Waals surface area contributed by atoms with Crippen molar-refractivity contribution < 1.29 is 4.79 Å². The number of anilines is 1. The number of carbonyl (C=O) groups is 1. The molecule has 0 radical (unpaired) electrons. The molecule has 1 saturated carbocycles. The maximum atomic E-state index is 13.2. The van der Waals surface area contributed by atoms with E-state index in [-0.39, 0.29) is 17.9 Å². The van der Waals surface area contributed by atoms with Gasteiger partial charge in [-0.05, 0) is 54.5 Å². The van der Waals surface area contributed by atoms with Gasteiger partial charge in [0.1, 0.15) is 0 Å². The molecule has 4 rings (SSSR count). The SMILES string of the molecule is C[C@H](NC(=O)[C@H]1CCCC[C@@H]1c1ccc(CN(C)c2ccccc2)cc1)c1ccccc1. The molecule has 1 aliphatic carbocycles. The fourth-order valence-corrected chi connectivity index (χ4v) is 4.91. The highest BCUT2D eigenvalue weighted by Gasteiger charge is 2.32. The Balaban J connectivity index is 1.42. The summed E-state index contributed by atoms with van der Waals surface area (Å²) in [6, 6.07) is 29.6. The van der Waals surface area contributed by atoms with E-state index in [4.69, 9.17) is 0 Å². The molecule has 3 nitrogen and oxygen atoms in total. The first-order valence-electron chi connectivity index (χ1n) is 11.8. The number of nitrogens with zero attached hydrogens (tertiary/aromatic N) is 1. The first-order valence-corrected chi connectivity index (χ1v) is 11.8. The summed E-state index contributed by atoms with van der Waals surface area (Å²) in [6.45, 7) is 2.94. The minimum absolute atomic E-state index is 0.0298. The normalized spacial score (nSPS) is 19.2. The van der Waals surface area contributed by atoms with E-state index in [1.54, 1.807) is 0 Å². The Bertz CT molecular complexity index is 985. The first kappa shape index (κ1) is 22.1. The van der Waals surface area contributed by atoms with E-state index in [0.717, 1.165) is 31.4 Å². The highest BCUT2D eigenvalue weighted by Crippen LogP contribution is 2.38. The van der Waals surface area contributed by atoms with Gasteiger partial charge in [0.25, 0.3) is 0 Å². The molecule has 0 aromatic heterocycles. The summed E-state index contributed by atoms with van der Waals surface area (Å²) >= 11 is 0. The van der Waals surface area contributed by atoms with Crippen molar-refractivity contribution >= 4 is 11.6 Å². The summed E-state index contributed by atoms with van der Waals surface area (Å²) in [5.41, 5.74) is 4.95. The van der Waals surface area contributed by atoms with Gasteiger partial charge in [0.05, 0.1) is 6.04 Å². The van der Waals surface area contributed by atoms with Crippen molar-refractivity contribution in [3.63, 3.8) is 0 Å². The fourth-order valence-electron chi connectivity index (χ4n) is 4.91. The number of hydrogen-bond donors (Lipinski definition) is 1. The lowest BCUT2D eigenvalue weighted by molar-refractivity contribution is -0.127. The third-order valence-corrected chi connectivity index (χ3v) is 6.79. The summed E-state index contributed by atoms with van der Waals surface area (Å²) in [5.74, 6) is 0.541. The van der Waals surface area contributed by atoms with Gasteiger partial charge in [-0.1, -0.05) is 85.6 Å². The van der Waals surface area contributed by atoms with E-state index in [1.807, 2.05) is 24.3 Å². The molecular weight excluding hydrogens is 392 g/mol. The number of nitrogens with one attached hydrogen (secondary N) is 1. The summed E-state index contributed by atoms with van der Waals surface area (Å²) in [7, 11) is 2.12. The average Bonchev–Trinajstić information content (AvgIpc) is 2.85. The average molecular weight is 427 g/mol. The van der Waals surface area contributed by atoms with Crippen LogP contribution in [0.2, 0.25) is 0 Å². The van der Waals surface area contributed by atoms with E-state index >= 15 is 0 Å². The topological polar surface area (TPSA) is 32.3 Å². The molecule has 0 bridgehead atoms. The molecule has 1 amide bonds. The predicted molar refractivity (Wildman–Crippen MR) is 133 cm³/mol. The molecule has 0 heterocycles. The van der Waals surface area contributed by atoms with Crippen molar-refractivity contribution in [2.45, 2.75) is 51.1 Å². The minimum Gasteiger partial charge on any atom is -0.370 e. The highest BCUT2D eigenvalue weighted by atomic mass is 16.1. The number of hydrogen-bond acceptors (Lipinski definition) is 2. The van der Waals surface area contributed by atoms with Gasteiger partial charge in [-0.25, -0.2) is 0 Å². The zero-order valence-corrected chi connectivity index (χ0v) is 19.2. The van der Waals surface area contributed by atoms with Crippen LogP contribution in [0, 0.1) is 5.92 Å². The van der Waals surface area contributed by atoms with Crippen molar-refractivity contribution in [3.05, 3.63) is 102 Å². The molecule has 1 N–H and O–H groups in total. The number of carbonyl (C=O) groups excluding carboxylic acids is 1. The zero-order chi connectivity index (χ0) is 22.3. The lowest BCUT2D eigenvalue weighted by Crippen LogP contribution is -2.37. The van der Waals surface area contributed by atoms with Crippen LogP contribution in [0.1, 0.15) is 61.3 Å². The molecule has 3 atom stereocenters. The van der Waals surface area contributed by atoms with Gasteiger partial charge in [-0.2, -0.15) is 0 Å². The van der Waals surface area contributed by atoms with E-state index in [9.17, 15) is 4.79 Å². The molecule has 3 heteroatoms. The van der Waals surface area contributed by atoms with E-state index < -0.39 is 0 Å². The Kier molecular flexibility index (Phi) is 7.26. The van der Waals surface area contributed by atoms with Gasteiger partial charge in [0.2, 0.25) is 5.91 Å².